The molecule has 2 rings (SSSR count). The average Bonchev–Trinajstić information content (AvgIpc) is 2.53. The van der Waals surface area contributed by atoms with Crippen molar-refractivity contribution in [2.75, 3.05) is 0 Å². The van der Waals surface area contributed by atoms with Crippen LogP contribution in [0.25, 0.3) is 6.08 Å². The minimum Gasteiger partial charge on any atom is -0.303 e. The minimum absolute atomic E-state index is 0.0253. The Morgan fingerprint density at radius 1 is 0.950 bits per heavy atom. The second kappa shape index (κ2) is 7.44. The lowest BCUT2D eigenvalue weighted by Crippen LogP contribution is -2.11. The van der Waals surface area contributed by atoms with Gasteiger partial charge in [-0.3, -0.25) is 0 Å². The van der Waals surface area contributed by atoms with Gasteiger partial charge in [-0.1, -0.05) is 79.7 Å². The molecule has 2 aromatic carbocycles. The third-order valence-electron chi connectivity index (χ3n) is 3.59. The monoisotopic (exact) mass is 264 g/mol. The normalized spacial score (nSPS) is 14.1. The van der Waals surface area contributed by atoms with Crippen LogP contribution >= 0.6 is 0 Å². The van der Waals surface area contributed by atoms with Gasteiger partial charge in [0.15, 0.2) is 0 Å². The Bertz CT molecular complexity index is 542. The van der Waals surface area contributed by atoms with Crippen LogP contribution in [0.4, 0.5) is 0 Å². The highest BCUT2D eigenvalue weighted by molar-refractivity contribution is 5.59. The lowest BCUT2D eigenvalue weighted by atomic mass is 9.84. The van der Waals surface area contributed by atoms with E-state index in [-0.39, 0.29) is 11.8 Å². The van der Waals surface area contributed by atoms with Gasteiger partial charge in [-0.25, -0.2) is 0 Å². The molecule has 1 nitrogen and oxygen atoms in total. The van der Waals surface area contributed by atoms with Crippen LogP contribution in [0.1, 0.15) is 30.4 Å². The lowest BCUT2D eigenvalue weighted by Gasteiger charge is -2.19. The number of rotatable bonds is 6. The molecule has 0 fully saturated rings. The van der Waals surface area contributed by atoms with Crippen LogP contribution in [-0.2, 0) is 4.79 Å². The van der Waals surface area contributed by atoms with Crippen molar-refractivity contribution in [3.05, 3.63) is 77.9 Å². The van der Waals surface area contributed by atoms with Crippen molar-refractivity contribution < 1.29 is 4.79 Å². The fourth-order valence-corrected chi connectivity index (χ4v) is 2.39. The van der Waals surface area contributed by atoms with Gasteiger partial charge >= 0.3 is 0 Å². The first kappa shape index (κ1) is 14.3. The van der Waals surface area contributed by atoms with E-state index in [4.69, 9.17) is 0 Å². The Labute approximate surface area is 121 Å². The van der Waals surface area contributed by atoms with E-state index in [1.807, 2.05) is 36.4 Å². The summed E-state index contributed by atoms with van der Waals surface area (Å²) in [5.74, 6) is 0.163. The van der Waals surface area contributed by atoms with Gasteiger partial charge in [0.1, 0.15) is 6.29 Å². The van der Waals surface area contributed by atoms with Gasteiger partial charge in [0, 0.05) is 11.8 Å². The summed E-state index contributed by atoms with van der Waals surface area (Å²) in [7, 11) is 0. The molecular formula is C19H20O. The van der Waals surface area contributed by atoms with Gasteiger partial charge in [0.05, 0.1) is 0 Å². The number of carbonyl (C=O) groups is 1. The smallest absolute Gasteiger partial charge is 0.123 e. The van der Waals surface area contributed by atoms with Crippen molar-refractivity contribution in [3.63, 3.8) is 0 Å². The molecule has 0 N–H and O–H groups in total. The van der Waals surface area contributed by atoms with Crippen LogP contribution in [0.15, 0.2) is 66.7 Å². The lowest BCUT2D eigenvalue weighted by molar-refractivity contribution is -0.111. The SMILES string of the molecule is CC[C@@H](C=O)[C@H](/C=C/c1ccccc1)c1ccccc1. The molecule has 0 spiro atoms. The number of hydrogen-bond donors (Lipinski definition) is 0. The van der Waals surface area contributed by atoms with Crippen LogP contribution in [0.3, 0.4) is 0 Å². The molecule has 0 amide bonds. The zero-order valence-corrected chi connectivity index (χ0v) is 11.8. The first-order valence-electron chi connectivity index (χ1n) is 7.08. The van der Waals surface area contributed by atoms with Crippen molar-refractivity contribution in [1.29, 1.82) is 0 Å². The Kier molecular flexibility index (Phi) is 5.31. The van der Waals surface area contributed by atoms with Crippen LogP contribution in [-0.4, -0.2) is 6.29 Å². The van der Waals surface area contributed by atoms with Gasteiger partial charge in [0.25, 0.3) is 0 Å². The fraction of sp³-hybridized carbons (Fsp3) is 0.211. The van der Waals surface area contributed by atoms with Crippen LogP contribution in [0.5, 0.6) is 0 Å². The maximum absolute atomic E-state index is 11.3. The number of allylic oxidation sites excluding steroid dienone is 1. The van der Waals surface area contributed by atoms with Crippen molar-refractivity contribution in [2.24, 2.45) is 5.92 Å². The summed E-state index contributed by atoms with van der Waals surface area (Å²) in [5.41, 5.74) is 2.35. The Morgan fingerprint density at radius 2 is 1.55 bits per heavy atom. The topological polar surface area (TPSA) is 17.1 Å². The molecule has 2 aromatic rings. The van der Waals surface area contributed by atoms with Crippen molar-refractivity contribution in [2.45, 2.75) is 19.3 Å². The molecule has 0 aromatic heterocycles. The van der Waals surface area contributed by atoms with Gasteiger partial charge in [-0.05, 0) is 17.5 Å². The second-order valence-corrected chi connectivity index (χ2v) is 4.91. The van der Waals surface area contributed by atoms with E-state index in [9.17, 15) is 4.79 Å². The third kappa shape index (κ3) is 3.67. The predicted molar refractivity (Wildman–Crippen MR) is 84.5 cm³/mol. The summed E-state index contributed by atoms with van der Waals surface area (Å²) in [6, 6.07) is 20.4. The molecule has 0 aliphatic carbocycles. The zero-order chi connectivity index (χ0) is 14.2. The molecule has 0 saturated heterocycles. The molecule has 0 heterocycles. The molecule has 2 atom stereocenters. The van der Waals surface area contributed by atoms with E-state index < -0.39 is 0 Å². The summed E-state index contributed by atoms with van der Waals surface area (Å²) < 4.78 is 0. The summed E-state index contributed by atoms with van der Waals surface area (Å²) in [4.78, 5) is 11.3. The molecular weight excluding hydrogens is 244 g/mol. The maximum atomic E-state index is 11.3. The van der Waals surface area contributed by atoms with E-state index in [0.29, 0.717) is 0 Å². The number of hydrogen-bond acceptors (Lipinski definition) is 1. The van der Waals surface area contributed by atoms with Gasteiger partial charge in [-0.15, -0.1) is 0 Å². The first-order chi connectivity index (χ1) is 9.85. The van der Waals surface area contributed by atoms with Crippen molar-refractivity contribution in [1.82, 2.24) is 0 Å². The van der Waals surface area contributed by atoms with Gasteiger partial charge in [-0.2, -0.15) is 0 Å². The van der Waals surface area contributed by atoms with E-state index in [2.05, 4.69) is 43.3 Å². The molecule has 20 heavy (non-hydrogen) atoms. The fourth-order valence-electron chi connectivity index (χ4n) is 2.39. The molecule has 0 bridgehead atoms. The van der Waals surface area contributed by atoms with Crippen LogP contribution < -0.4 is 0 Å². The number of carbonyl (C=O) groups excluding carboxylic acids is 1. The summed E-state index contributed by atoms with van der Waals surface area (Å²) in [5, 5.41) is 0. The molecule has 0 saturated carbocycles. The predicted octanol–water partition coefficient (Wildman–Crippen LogP) is 4.71. The number of benzene rings is 2. The van der Waals surface area contributed by atoms with E-state index in [1.54, 1.807) is 0 Å². The van der Waals surface area contributed by atoms with E-state index in [0.717, 1.165) is 18.3 Å². The Hall–Kier alpha value is -2.15. The summed E-state index contributed by atoms with van der Waals surface area (Å²) >= 11 is 0. The van der Waals surface area contributed by atoms with E-state index in [1.165, 1.54) is 5.56 Å². The maximum Gasteiger partial charge on any atom is 0.123 e. The molecule has 1 heteroatoms. The second-order valence-electron chi connectivity index (χ2n) is 4.91. The molecule has 0 unspecified atom stereocenters. The molecule has 0 aliphatic heterocycles. The summed E-state index contributed by atoms with van der Waals surface area (Å²) in [6.07, 6.45) is 6.17. The highest BCUT2D eigenvalue weighted by Gasteiger charge is 2.18. The van der Waals surface area contributed by atoms with Gasteiger partial charge in [0.2, 0.25) is 0 Å². The molecule has 0 radical (unpaired) electrons. The van der Waals surface area contributed by atoms with E-state index >= 15 is 0 Å². The highest BCUT2D eigenvalue weighted by atomic mass is 16.1. The first-order valence-corrected chi connectivity index (χ1v) is 7.08. The van der Waals surface area contributed by atoms with Crippen LogP contribution in [0, 0.1) is 5.92 Å². The summed E-state index contributed by atoms with van der Waals surface area (Å²) in [6.45, 7) is 2.06. The van der Waals surface area contributed by atoms with Gasteiger partial charge < -0.3 is 4.79 Å². The molecule has 0 aliphatic rings. The van der Waals surface area contributed by atoms with Crippen molar-refractivity contribution in [3.8, 4) is 0 Å². The Balaban J connectivity index is 2.28. The Morgan fingerprint density at radius 3 is 2.10 bits per heavy atom. The average molecular weight is 264 g/mol. The number of aldehydes is 1. The van der Waals surface area contributed by atoms with Crippen LogP contribution in [0.2, 0.25) is 0 Å². The highest BCUT2D eigenvalue weighted by Crippen LogP contribution is 2.28. The minimum atomic E-state index is 0.0253. The third-order valence-corrected chi connectivity index (χ3v) is 3.59. The van der Waals surface area contributed by atoms with Crippen molar-refractivity contribution >= 4 is 12.4 Å². The standard InChI is InChI=1S/C19H20O/c1-2-17(15-20)19(18-11-7-4-8-12-18)14-13-16-9-5-3-6-10-16/h3-15,17,19H,2H2,1H3/b14-13+/t17-,19-/m0/s1. The molecule has 102 valence electrons. The zero-order valence-electron chi connectivity index (χ0n) is 11.8. The quantitative estimate of drug-likeness (QED) is 0.691. The largest absolute Gasteiger partial charge is 0.303 e.